The van der Waals surface area contributed by atoms with Gasteiger partial charge in [0.25, 0.3) is 0 Å². The normalized spacial score (nSPS) is 18.6. The van der Waals surface area contributed by atoms with E-state index in [4.69, 9.17) is 4.74 Å². The van der Waals surface area contributed by atoms with Crippen molar-refractivity contribution in [2.75, 3.05) is 20.3 Å². The van der Waals surface area contributed by atoms with Crippen molar-refractivity contribution >= 4 is 0 Å². The van der Waals surface area contributed by atoms with Crippen LogP contribution in [0.1, 0.15) is 37.7 Å². The van der Waals surface area contributed by atoms with Crippen LogP contribution in [0.4, 0.5) is 0 Å². The van der Waals surface area contributed by atoms with E-state index in [-0.39, 0.29) is 0 Å². The molecule has 2 atom stereocenters. The summed E-state index contributed by atoms with van der Waals surface area (Å²) < 4.78 is 5.28. The molecule has 1 aromatic carbocycles. The van der Waals surface area contributed by atoms with Crippen molar-refractivity contribution in [2.45, 2.75) is 38.1 Å². The van der Waals surface area contributed by atoms with Gasteiger partial charge in [0.15, 0.2) is 0 Å². The molecule has 1 saturated carbocycles. The zero-order valence-corrected chi connectivity index (χ0v) is 11.6. The van der Waals surface area contributed by atoms with Crippen LogP contribution in [0.25, 0.3) is 0 Å². The second-order valence-corrected chi connectivity index (χ2v) is 5.45. The molecule has 1 N–H and O–H groups in total. The predicted octanol–water partition coefficient (Wildman–Crippen LogP) is 3.19. The fourth-order valence-corrected chi connectivity index (χ4v) is 2.47. The van der Waals surface area contributed by atoms with Crippen molar-refractivity contribution < 1.29 is 4.74 Å². The van der Waals surface area contributed by atoms with Gasteiger partial charge in [-0.05, 0) is 43.2 Å². The summed E-state index contributed by atoms with van der Waals surface area (Å²) in [5.41, 5.74) is 1.44. The van der Waals surface area contributed by atoms with Crippen molar-refractivity contribution in [1.82, 2.24) is 5.32 Å². The molecule has 100 valence electrons. The third-order valence-electron chi connectivity index (χ3n) is 3.89. The molecule has 1 aromatic rings. The lowest BCUT2D eigenvalue weighted by Gasteiger charge is -2.19. The van der Waals surface area contributed by atoms with Crippen LogP contribution in [-0.4, -0.2) is 26.3 Å². The smallest absolute Gasteiger partial charge is 0.0618 e. The first-order chi connectivity index (χ1) is 8.81. The van der Waals surface area contributed by atoms with Gasteiger partial charge in [0.1, 0.15) is 0 Å². The first-order valence-corrected chi connectivity index (χ1v) is 7.08. The fourth-order valence-electron chi connectivity index (χ4n) is 2.47. The van der Waals surface area contributed by atoms with E-state index in [1.807, 2.05) is 0 Å². The average Bonchev–Trinajstić information content (AvgIpc) is 3.23. The summed E-state index contributed by atoms with van der Waals surface area (Å²) in [5, 5.41) is 3.66. The third kappa shape index (κ3) is 4.11. The van der Waals surface area contributed by atoms with Gasteiger partial charge < -0.3 is 10.1 Å². The molecule has 0 bridgehead atoms. The number of hydrogen-bond donors (Lipinski definition) is 1. The van der Waals surface area contributed by atoms with Crippen LogP contribution in [-0.2, 0) is 4.74 Å². The van der Waals surface area contributed by atoms with Crippen LogP contribution in [0.15, 0.2) is 30.3 Å². The Bertz CT molecular complexity index is 334. The molecule has 1 aliphatic rings. The quantitative estimate of drug-likeness (QED) is 0.761. The SMILES string of the molecule is COCC(NCCC(C)c1ccccc1)C1CC1. The van der Waals surface area contributed by atoms with E-state index in [1.54, 1.807) is 7.11 Å². The first kappa shape index (κ1) is 13.6. The second-order valence-electron chi connectivity index (χ2n) is 5.45. The number of ether oxygens (including phenoxy) is 1. The van der Waals surface area contributed by atoms with E-state index >= 15 is 0 Å². The molecule has 0 heterocycles. The van der Waals surface area contributed by atoms with E-state index in [2.05, 4.69) is 42.6 Å². The lowest BCUT2D eigenvalue weighted by atomic mass is 9.98. The van der Waals surface area contributed by atoms with Crippen molar-refractivity contribution in [3.05, 3.63) is 35.9 Å². The fraction of sp³-hybridized carbons (Fsp3) is 0.625. The summed E-state index contributed by atoms with van der Waals surface area (Å²) >= 11 is 0. The minimum absolute atomic E-state index is 0.568. The van der Waals surface area contributed by atoms with Gasteiger partial charge in [0, 0.05) is 13.2 Å². The summed E-state index contributed by atoms with van der Waals surface area (Å²) in [7, 11) is 1.80. The maximum absolute atomic E-state index is 5.28. The topological polar surface area (TPSA) is 21.3 Å². The monoisotopic (exact) mass is 247 g/mol. The summed E-state index contributed by atoms with van der Waals surface area (Å²) in [6, 6.07) is 11.3. The maximum Gasteiger partial charge on any atom is 0.0618 e. The molecule has 2 heteroatoms. The Balaban J connectivity index is 1.70. The molecule has 2 rings (SSSR count). The summed E-state index contributed by atoms with van der Waals surface area (Å²) in [6.45, 7) is 4.24. The molecular weight excluding hydrogens is 222 g/mol. The van der Waals surface area contributed by atoms with Crippen molar-refractivity contribution in [3.63, 3.8) is 0 Å². The van der Waals surface area contributed by atoms with Gasteiger partial charge in [0.2, 0.25) is 0 Å². The van der Waals surface area contributed by atoms with Crippen molar-refractivity contribution in [1.29, 1.82) is 0 Å². The molecule has 1 aliphatic carbocycles. The highest BCUT2D eigenvalue weighted by atomic mass is 16.5. The lowest BCUT2D eigenvalue weighted by Crippen LogP contribution is -2.36. The van der Waals surface area contributed by atoms with Crippen molar-refractivity contribution in [3.8, 4) is 0 Å². The highest BCUT2D eigenvalue weighted by Crippen LogP contribution is 2.32. The molecule has 0 amide bonds. The molecule has 0 aromatic heterocycles. The van der Waals surface area contributed by atoms with Crippen LogP contribution >= 0.6 is 0 Å². The van der Waals surface area contributed by atoms with E-state index in [9.17, 15) is 0 Å². The molecule has 0 aliphatic heterocycles. The Morgan fingerprint density at radius 1 is 1.28 bits per heavy atom. The molecule has 0 spiro atoms. The second kappa shape index (κ2) is 6.91. The van der Waals surface area contributed by atoms with Crippen LogP contribution < -0.4 is 5.32 Å². The zero-order chi connectivity index (χ0) is 12.8. The Morgan fingerprint density at radius 2 is 2.00 bits per heavy atom. The van der Waals surface area contributed by atoms with Crippen LogP contribution in [0.3, 0.4) is 0 Å². The predicted molar refractivity (Wildman–Crippen MR) is 75.9 cm³/mol. The van der Waals surface area contributed by atoms with Gasteiger partial charge in [-0.3, -0.25) is 0 Å². The van der Waals surface area contributed by atoms with Gasteiger partial charge in [-0.2, -0.15) is 0 Å². The minimum Gasteiger partial charge on any atom is -0.383 e. The summed E-state index contributed by atoms with van der Waals surface area (Å²) in [6.07, 6.45) is 3.93. The molecular formula is C16H25NO. The van der Waals surface area contributed by atoms with Crippen LogP contribution in [0, 0.1) is 5.92 Å². The number of nitrogens with one attached hydrogen (secondary N) is 1. The van der Waals surface area contributed by atoms with Gasteiger partial charge in [-0.1, -0.05) is 37.3 Å². The molecule has 2 unspecified atom stereocenters. The van der Waals surface area contributed by atoms with Crippen molar-refractivity contribution in [2.24, 2.45) is 5.92 Å². The van der Waals surface area contributed by atoms with E-state index in [1.165, 1.54) is 24.8 Å². The number of benzene rings is 1. The van der Waals surface area contributed by atoms with Gasteiger partial charge in [0.05, 0.1) is 6.61 Å². The molecule has 0 saturated heterocycles. The molecule has 1 fully saturated rings. The van der Waals surface area contributed by atoms with Crippen LogP contribution in [0.2, 0.25) is 0 Å². The largest absolute Gasteiger partial charge is 0.383 e. The maximum atomic E-state index is 5.28. The first-order valence-electron chi connectivity index (χ1n) is 7.08. The minimum atomic E-state index is 0.568. The molecule has 0 radical (unpaired) electrons. The number of rotatable bonds is 8. The molecule has 2 nitrogen and oxygen atoms in total. The van der Waals surface area contributed by atoms with E-state index < -0.39 is 0 Å². The Hall–Kier alpha value is -0.860. The van der Waals surface area contributed by atoms with E-state index in [0.29, 0.717) is 12.0 Å². The standard InChI is InChI=1S/C16H25NO/c1-13(14-6-4-3-5-7-14)10-11-17-16(12-18-2)15-8-9-15/h3-7,13,15-17H,8-12H2,1-2H3. The Labute approximate surface area is 111 Å². The Morgan fingerprint density at radius 3 is 2.61 bits per heavy atom. The number of hydrogen-bond acceptors (Lipinski definition) is 2. The highest BCUT2D eigenvalue weighted by molar-refractivity contribution is 5.18. The van der Waals surface area contributed by atoms with Gasteiger partial charge in [-0.15, -0.1) is 0 Å². The summed E-state index contributed by atoms with van der Waals surface area (Å²) in [4.78, 5) is 0. The zero-order valence-electron chi connectivity index (χ0n) is 11.6. The summed E-state index contributed by atoms with van der Waals surface area (Å²) in [5.74, 6) is 1.48. The van der Waals surface area contributed by atoms with Crippen LogP contribution in [0.5, 0.6) is 0 Å². The average molecular weight is 247 g/mol. The third-order valence-corrected chi connectivity index (χ3v) is 3.89. The highest BCUT2D eigenvalue weighted by Gasteiger charge is 2.30. The lowest BCUT2D eigenvalue weighted by molar-refractivity contribution is 0.157. The van der Waals surface area contributed by atoms with Gasteiger partial charge in [-0.25, -0.2) is 0 Å². The van der Waals surface area contributed by atoms with E-state index in [0.717, 1.165) is 19.1 Å². The Kier molecular flexibility index (Phi) is 5.21. The van der Waals surface area contributed by atoms with Gasteiger partial charge >= 0.3 is 0 Å². The number of methoxy groups -OCH3 is 1. The molecule has 18 heavy (non-hydrogen) atoms.